The normalized spacial score (nSPS) is 47.4. The van der Waals surface area contributed by atoms with Gasteiger partial charge in [0.25, 0.3) is 0 Å². The summed E-state index contributed by atoms with van der Waals surface area (Å²) >= 11 is 0. The van der Waals surface area contributed by atoms with E-state index < -0.39 is 23.2 Å². The number of rotatable bonds is 1. The first kappa shape index (κ1) is 26.2. The van der Waals surface area contributed by atoms with Crippen LogP contribution >= 0.6 is 0 Å². The Morgan fingerprint density at radius 1 is 1.07 bits per heavy atom. The number of fused-ring (bicyclic) bond motifs is 7. The molecule has 7 aliphatic rings. The number of allylic oxidation sites excluding steroid dienone is 1. The molecule has 5 nitrogen and oxygen atoms in total. The summed E-state index contributed by atoms with van der Waals surface area (Å²) in [6, 6.07) is 4.63. The van der Waals surface area contributed by atoms with E-state index in [1.54, 1.807) is 5.56 Å². The van der Waals surface area contributed by atoms with Crippen molar-refractivity contribution in [1.29, 1.82) is 0 Å². The number of aromatic amines is 1. The number of hydrogen-bond acceptors (Lipinski definition) is 4. The average molecular weight is 568 g/mol. The molecule has 2 aliphatic heterocycles. The Morgan fingerprint density at radius 3 is 2.62 bits per heavy atom. The van der Waals surface area contributed by atoms with Crippen molar-refractivity contribution in [2.45, 2.75) is 120 Å². The maximum Gasteiger partial charge on any atom is 0.108 e. The van der Waals surface area contributed by atoms with Gasteiger partial charge >= 0.3 is 0 Å². The molecule has 0 bridgehead atoms. The number of ether oxygens (including phenoxy) is 2. The Morgan fingerprint density at radius 2 is 1.86 bits per heavy atom. The zero-order valence-electron chi connectivity index (χ0n) is 25.7. The fraction of sp³-hybridized carbons (Fsp3) is 0.622. The number of H-pyrrole nitrogens is 1. The van der Waals surface area contributed by atoms with E-state index >= 15 is 0 Å². The summed E-state index contributed by atoms with van der Waals surface area (Å²) in [6.07, 6.45) is 5.79. The van der Waals surface area contributed by atoms with Crippen LogP contribution in [0.4, 0.5) is 0 Å². The van der Waals surface area contributed by atoms with E-state index in [1.807, 2.05) is 13.0 Å². The SMILES string of the molecule is C=C1Cc2ccc3[nH]c4c5c3c2[C@H]2[C@@H]1C[C@H]2C(C)(C)O[C@H]5[C@@H]1CC[C@@]2(O)C3=C[C@@H](O)[C@@H](C(=C)C)O[C@H]3CC[C@]2(C)[C@@]41C. The molecule has 5 heteroatoms. The minimum absolute atomic E-state index is 0.0144. The Labute approximate surface area is 249 Å². The minimum atomic E-state index is -1.08. The van der Waals surface area contributed by atoms with E-state index in [4.69, 9.17) is 9.47 Å². The maximum atomic E-state index is 13.0. The van der Waals surface area contributed by atoms with Gasteiger partial charge in [-0.25, -0.2) is 0 Å². The van der Waals surface area contributed by atoms with Crippen molar-refractivity contribution in [2.75, 3.05) is 0 Å². The second-order valence-electron chi connectivity index (χ2n) is 16.0. The monoisotopic (exact) mass is 567 g/mol. The molecule has 11 atom stereocenters. The van der Waals surface area contributed by atoms with Gasteiger partial charge < -0.3 is 24.7 Å². The molecule has 0 saturated heterocycles. The van der Waals surface area contributed by atoms with Gasteiger partial charge in [-0.3, -0.25) is 0 Å². The highest BCUT2D eigenvalue weighted by molar-refractivity contribution is 5.92. The van der Waals surface area contributed by atoms with Crippen LogP contribution in [0.15, 0.2) is 48.1 Å². The smallest absolute Gasteiger partial charge is 0.108 e. The number of aliphatic hydroxyl groups is 2. The first-order valence-corrected chi connectivity index (χ1v) is 16.3. The van der Waals surface area contributed by atoms with Gasteiger partial charge in [0.1, 0.15) is 12.2 Å². The van der Waals surface area contributed by atoms with Gasteiger partial charge in [-0.05, 0) is 111 Å². The van der Waals surface area contributed by atoms with Gasteiger partial charge in [0, 0.05) is 38.9 Å². The number of benzene rings is 1. The van der Waals surface area contributed by atoms with Crippen LogP contribution in [0.1, 0.15) is 101 Å². The lowest BCUT2D eigenvalue weighted by molar-refractivity contribution is -0.215. The number of nitrogens with one attached hydrogen (secondary N) is 1. The minimum Gasteiger partial charge on any atom is -0.386 e. The van der Waals surface area contributed by atoms with E-state index in [0.717, 1.165) is 43.3 Å². The summed E-state index contributed by atoms with van der Waals surface area (Å²) in [7, 11) is 0. The molecule has 3 heterocycles. The molecule has 42 heavy (non-hydrogen) atoms. The first-order chi connectivity index (χ1) is 19.8. The van der Waals surface area contributed by atoms with Crippen molar-refractivity contribution in [3.05, 3.63) is 70.5 Å². The van der Waals surface area contributed by atoms with Gasteiger partial charge in [0.15, 0.2) is 0 Å². The largest absolute Gasteiger partial charge is 0.386 e. The molecule has 0 spiro atoms. The molecule has 0 radical (unpaired) electrons. The third-order valence-corrected chi connectivity index (χ3v) is 14.1. The summed E-state index contributed by atoms with van der Waals surface area (Å²) in [5.41, 5.74) is 7.80. The lowest BCUT2D eigenvalue weighted by Crippen LogP contribution is -2.68. The van der Waals surface area contributed by atoms with Crippen molar-refractivity contribution in [3.8, 4) is 0 Å². The van der Waals surface area contributed by atoms with Crippen LogP contribution in [0.5, 0.6) is 0 Å². The molecule has 5 aliphatic carbocycles. The summed E-state index contributed by atoms with van der Waals surface area (Å²) < 4.78 is 13.9. The lowest BCUT2D eigenvalue weighted by Gasteiger charge is -2.65. The zero-order chi connectivity index (χ0) is 29.3. The predicted molar refractivity (Wildman–Crippen MR) is 163 cm³/mol. The molecule has 1 aromatic carbocycles. The highest BCUT2D eigenvalue weighted by Crippen LogP contribution is 2.74. The van der Waals surface area contributed by atoms with E-state index in [1.165, 1.54) is 33.3 Å². The fourth-order valence-corrected chi connectivity index (χ4v) is 11.7. The summed E-state index contributed by atoms with van der Waals surface area (Å²) in [6.45, 7) is 19.9. The quantitative estimate of drug-likeness (QED) is 0.336. The van der Waals surface area contributed by atoms with Crippen LogP contribution in [0.3, 0.4) is 0 Å². The third-order valence-electron chi connectivity index (χ3n) is 14.1. The van der Waals surface area contributed by atoms with Gasteiger partial charge in [-0.2, -0.15) is 0 Å². The second-order valence-corrected chi connectivity index (χ2v) is 16.0. The molecular formula is C37H45NO4. The molecule has 2 aromatic rings. The Hall–Kier alpha value is -2.18. The zero-order valence-corrected chi connectivity index (χ0v) is 25.7. The van der Waals surface area contributed by atoms with Crippen LogP contribution in [0.2, 0.25) is 0 Å². The highest BCUT2D eigenvalue weighted by Gasteiger charge is 2.73. The highest BCUT2D eigenvalue weighted by atomic mass is 16.5. The molecular weight excluding hydrogens is 522 g/mol. The molecule has 222 valence electrons. The van der Waals surface area contributed by atoms with Crippen molar-refractivity contribution in [3.63, 3.8) is 0 Å². The first-order valence-electron chi connectivity index (χ1n) is 16.3. The second kappa shape index (κ2) is 7.72. The van der Waals surface area contributed by atoms with Crippen molar-refractivity contribution < 1.29 is 19.7 Å². The Balaban J connectivity index is 1.27. The number of hydrogen-bond donors (Lipinski definition) is 3. The molecule has 1 aromatic heterocycles. The van der Waals surface area contributed by atoms with Crippen molar-refractivity contribution >= 4 is 10.9 Å². The Kier molecular flexibility index (Phi) is 4.82. The average Bonchev–Trinajstić information content (AvgIpc) is 3.38. The van der Waals surface area contributed by atoms with Crippen molar-refractivity contribution in [1.82, 2.24) is 4.98 Å². The fourth-order valence-electron chi connectivity index (χ4n) is 11.7. The lowest BCUT2D eigenvalue weighted by atomic mass is 9.42. The van der Waals surface area contributed by atoms with Crippen molar-refractivity contribution in [2.24, 2.45) is 23.2 Å². The molecule has 3 saturated carbocycles. The third kappa shape index (κ3) is 2.70. The van der Waals surface area contributed by atoms with Gasteiger partial charge in [-0.1, -0.05) is 38.6 Å². The van der Waals surface area contributed by atoms with Crippen LogP contribution in [-0.4, -0.2) is 44.7 Å². The standard InChI is InChI=1S/C37H45NO4/c1-17(2)31-25(39)16-22-26(41-31)11-12-35(6)36(7)21(10-13-37(22,35)40)32-30-29-24(38-33(30)36)9-8-19-14-18(3)20-15-23(28(20)27(19)29)34(4,5)42-32/h8-9,16,20-21,23,25-26,28,31-32,38-40H,1,3,10-15H2,2,4-7H3/t20-,21+,23-,25-,26+,28+,31-,32+,35-,36-,37-/m1/s1. The van der Waals surface area contributed by atoms with E-state index in [2.05, 4.69) is 58.0 Å². The van der Waals surface area contributed by atoms with Gasteiger partial charge in [-0.15, -0.1) is 0 Å². The van der Waals surface area contributed by atoms with E-state index in [-0.39, 0.29) is 29.1 Å². The summed E-state index contributed by atoms with van der Waals surface area (Å²) in [4.78, 5) is 4.00. The molecule has 3 fully saturated rings. The number of aliphatic hydroxyl groups excluding tert-OH is 1. The number of aromatic nitrogens is 1. The summed E-state index contributed by atoms with van der Waals surface area (Å²) in [5, 5.41) is 25.5. The molecule has 3 N–H and O–H groups in total. The Bertz CT molecular complexity index is 1650. The van der Waals surface area contributed by atoms with Crippen LogP contribution in [0.25, 0.3) is 10.9 Å². The van der Waals surface area contributed by atoms with Gasteiger partial charge in [0.05, 0.1) is 23.4 Å². The van der Waals surface area contributed by atoms with E-state index in [0.29, 0.717) is 24.2 Å². The van der Waals surface area contributed by atoms with Gasteiger partial charge in [0.2, 0.25) is 0 Å². The van der Waals surface area contributed by atoms with Crippen LogP contribution in [0, 0.1) is 23.2 Å². The molecule has 0 unspecified atom stereocenters. The molecule has 9 rings (SSSR count). The van der Waals surface area contributed by atoms with Crippen LogP contribution < -0.4 is 0 Å². The topological polar surface area (TPSA) is 74.7 Å². The molecule has 0 amide bonds. The summed E-state index contributed by atoms with van der Waals surface area (Å²) in [5.74, 6) is 1.74. The van der Waals surface area contributed by atoms with Crippen LogP contribution in [-0.2, 0) is 21.3 Å². The maximum absolute atomic E-state index is 13.0. The van der Waals surface area contributed by atoms with E-state index in [9.17, 15) is 10.2 Å². The predicted octanol–water partition coefficient (Wildman–Crippen LogP) is 6.69.